The number of hydrogen-bond acceptors (Lipinski definition) is 5. The van der Waals surface area contributed by atoms with Crippen LogP contribution in [0, 0.1) is 18.3 Å². The summed E-state index contributed by atoms with van der Waals surface area (Å²) in [6.45, 7) is 1.90. The molecule has 0 fully saturated rings. The maximum Gasteiger partial charge on any atom is 0.245 e. The zero-order valence-electron chi connectivity index (χ0n) is 17.6. The number of nitrogens with zero attached hydrogens (tertiary/aromatic N) is 2. The Kier molecular flexibility index (Phi) is 6.09. The number of nitriles is 1. The Morgan fingerprint density at radius 3 is 2.18 bits per heavy atom. The molecule has 33 heavy (non-hydrogen) atoms. The lowest BCUT2D eigenvalue weighted by atomic mass is 9.99. The summed E-state index contributed by atoms with van der Waals surface area (Å²) in [5.41, 5.74) is 8.09. The molecule has 4 rings (SSSR count). The van der Waals surface area contributed by atoms with Crippen LogP contribution in [0.2, 0.25) is 5.02 Å². The van der Waals surface area contributed by atoms with Crippen LogP contribution in [0.4, 0.5) is 0 Å². The van der Waals surface area contributed by atoms with Crippen LogP contribution in [0.15, 0.2) is 95.0 Å². The molecule has 1 aliphatic rings. The van der Waals surface area contributed by atoms with Gasteiger partial charge < -0.3 is 5.73 Å². The second kappa shape index (κ2) is 8.83. The number of carbonyl (C=O) groups is 1. The smallest absolute Gasteiger partial charge is 0.245 e. The Labute approximate surface area is 197 Å². The summed E-state index contributed by atoms with van der Waals surface area (Å²) in [6.07, 6.45) is 0. The van der Waals surface area contributed by atoms with Gasteiger partial charge in [-0.25, -0.2) is 8.42 Å². The Hall–Kier alpha value is -3.44. The molecule has 0 saturated carbocycles. The fraction of sp³-hybridized carbons (Fsp3) is 0.120. The van der Waals surface area contributed by atoms with Gasteiger partial charge in [-0.15, -0.1) is 0 Å². The van der Waals surface area contributed by atoms with E-state index in [9.17, 15) is 18.5 Å². The van der Waals surface area contributed by atoms with Crippen molar-refractivity contribution in [1.82, 2.24) is 4.31 Å². The van der Waals surface area contributed by atoms with Gasteiger partial charge in [0.05, 0.1) is 28.3 Å². The Morgan fingerprint density at radius 2 is 1.61 bits per heavy atom. The maximum atomic E-state index is 13.9. The summed E-state index contributed by atoms with van der Waals surface area (Å²) >= 11 is 5.95. The van der Waals surface area contributed by atoms with Crippen molar-refractivity contribution in [3.8, 4) is 6.07 Å². The lowest BCUT2D eigenvalue weighted by Crippen LogP contribution is -2.45. The molecule has 3 aromatic carbocycles. The minimum absolute atomic E-state index is 0.0330. The van der Waals surface area contributed by atoms with Crippen LogP contribution >= 0.6 is 11.6 Å². The highest BCUT2D eigenvalue weighted by atomic mass is 35.5. The van der Waals surface area contributed by atoms with Crippen LogP contribution in [-0.2, 0) is 10.0 Å². The summed E-state index contributed by atoms with van der Waals surface area (Å²) in [5, 5.41) is 10.3. The van der Waals surface area contributed by atoms with Crippen LogP contribution in [0.3, 0.4) is 0 Å². The number of rotatable bonds is 5. The average Bonchev–Trinajstić information content (AvgIpc) is 3.12. The molecule has 0 amide bonds. The second-order valence-electron chi connectivity index (χ2n) is 7.72. The van der Waals surface area contributed by atoms with Crippen LogP contribution in [0.25, 0.3) is 0 Å². The highest BCUT2D eigenvalue weighted by Gasteiger charge is 2.50. The van der Waals surface area contributed by atoms with Crippen molar-refractivity contribution in [3.05, 3.63) is 112 Å². The monoisotopic (exact) mass is 477 g/mol. The highest BCUT2D eigenvalue weighted by molar-refractivity contribution is 7.89. The van der Waals surface area contributed by atoms with Crippen molar-refractivity contribution in [1.29, 1.82) is 5.26 Å². The quantitative estimate of drug-likeness (QED) is 0.549. The number of nitrogens with two attached hydrogens (primary N) is 1. The van der Waals surface area contributed by atoms with Gasteiger partial charge in [-0.1, -0.05) is 71.8 Å². The zero-order valence-corrected chi connectivity index (χ0v) is 19.2. The van der Waals surface area contributed by atoms with Crippen LogP contribution in [-0.4, -0.2) is 24.5 Å². The molecule has 1 aliphatic heterocycles. The molecule has 0 spiro atoms. The van der Waals surface area contributed by atoms with Gasteiger partial charge in [-0.2, -0.15) is 9.57 Å². The number of Topliss-reactive ketones (excluding diaryl/α,β-unsaturated/α-hetero) is 1. The molecule has 0 saturated heterocycles. The lowest BCUT2D eigenvalue weighted by Gasteiger charge is -2.30. The summed E-state index contributed by atoms with van der Waals surface area (Å²) in [5.74, 6) is -0.506. The number of benzene rings is 3. The Balaban J connectivity index is 1.95. The predicted molar refractivity (Wildman–Crippen MR) is 126 cm³/mol. The number of sulfonamides is 1. The van der Waals surface area contributed by atoms with Crippen LogP contribution in [0.5, 0.6) is 0 Å². The van der Waals surface area contributed by atoms with Gasteiger partial charge in [0.25, 0.3) is 0 Å². The average molecular weight is 478 g/mol. The first-order valence-corrected chi connectivity index (χ1v) is 11.9. The van der Waals surface area contributed by atoms with Gasteiger partial charge in [-0.3, -0.25) is 4.79 Å². The third-order valence-corrected chi connectivity index (χ3v) is 7.69. The fourth-order valence-corrected chi connectivity index (χ4v) is 5.77. The van der Waals surface area contributed by atoms with E-state index in [0.29, 0.717) is 16.1 Å². The zero-order chi connectivity index (χ0) is 23.8. The molecule has 6 nitrogen and oxygen atoms in total. The lowest BCUT2D eigenvalue weighted by molar-refractivity contribution is 0.0918. The largest absolute Gasteiger partial charge is 0.399 e. The summed E-state index contributed by atoms with van der Waals surface area (Å²) in [7, 11) is -4.26. The van der Waals surface area contributed by atoms with E-state index >= 15 is 0 Å². The van der Waals surface area contributed by atoms with E-state index in [4.69, 9.17) is 17.3 Å². The minimum atomic E-state index is -4.26. The first-order valence-electron chi connectivity index (χ1n) is 10.1. The molecule has 1 heterocycles. The number of halogens is 1. The molecule has 0 bridgehead atoms. The van der Waals surface area contributed by atoms with Gasteiger partial charge in [0.15, 0.2) is 5.78 Å². The number of carbonyl (C=O) groups excluding carboxylic acids is 1. The van der Waals surface area contributed by atoms with Crippen molar-refractivity contribution in [2.75, 3.05) is 0 Å². The van der Waals surface area contributed by atoms with Crippen LogP contribution < -0.4 is 5.73 Å². The van der Waals surface area contributed by atoms with Gasteiger partial charge in [0, 0.05) is 10.6 Å². The van der Waals surface area contributed by atoms with E-state index in [-0.39, 0.29) is 16.2 Å². The minimum Gasteiger partial charge on any atom is -0.399 e. The van der Waals surface area contributed by atoms with Gasteiger partial charge in [0.1, 0.15) is 6.04 Å². The molecule has 2 atom stereocenters. The van der Waals surface area contributed by atoms with Crippen LogP contribution in [0.1, 0.15) is 27.5 Å². The van der Waals surface area contributed by atoms with Crippen molar-refractivity contribution in [3.63, 3.8) is 0 Å². The summed E-state index contributed by atoms with van der Waals surface area (Å²) < 4.78 is 28.8. The van der Waals surface area contributed by atoms with E-state index in [1.165, 1.54) is 24.3 Å². The van der Waals surface area contributed by atoms with Gasteiger partial charge in [0.2, 0.25) is 10.0 Å². The topological polar surface area (TPSA) is 104 Å². The first-order chi connectivity index (χ1) is 15.8. The predicted octanol–water partition coefficient (Wildman–Crippen LogP) is 4.38. The standard InChI is InChI=1S/C25H20ClN3O3S/c1-16-7-9-17(10-8-16)23-21(15-27)22(28)24(25(30)18-5-3-2-4-6-18)29(23)33(31,32)20-13-11-19(26)12-14-20/h2-14,23-24H,28H2,1H3. The maximum absolute atomic E-state index is 13.9. The molecule has 0 aliphatic carbocycles. The van der Waals surface area contributed by atoms with Crippen molar-refractivity contribution in [2.24, 2.45) is 5.73 Å². The van der Waals surface area contributed by atoms with E-state index in [1.807, 2.05) is 19.1 Å². The molecule has 166 valence electrons. The molecule has 2 N–H and O–H groups in total. The summed E-state index contributed by atoms with van der Waals surface area (Å²) in [4.78, 5) is 13.5. The normalized spacial score (nSPS) is 18.8. The second-order valence-corrected chi connectivity index (χ2v) is 10.00. The number of ketones is 1. The van der Waals surface area contributed by atoms with E-state index in [0.717, 1.165) is 9.87 Å². The van der Waals surface area contributed by atoms with E-state index in [1.54, 1.807) is 42.5 Å². The van der Waals surface area contributed by atoms with Crippen molar-refractivity contribution >= 4 is 27.4 Å². The molecule has 2 unspecified atom stereocenters. The molecule has 0 radical (unpaired) electrons. The Bertz CT molecular complexity index is 1380. The van der Waals surface area contributed by atoms with Crippen molar-refractivity contribution < 1.29 is 13.2 Å². The van der Waals surface area contributed by atoms with E-state index in [2.05, 4.69) is 6.07 Å². The summed E-state index contributed by atoms with van der Waals surface area (Å²) in [6, 6.07) is 20.7. The van der Waals surface area contributed by atoms with Crippen molar-refractivity contribution in [2.45, 2.75) is 23.9 Å². The molecule has 3 aromatic rings. The third-order valence-electron chi connectivity index (χ3n) is 5.60. The fourth-order valence-electron chi connectivity index (χ4n) is 3.93. The molecule has 8 heteroatoms. The molecular formula is C25H20ClN3O3S. The van der Waals surface area contributed by atoms with E-state index < -0.39 is 27.9 Å². The third kappa shape index (κ3) is 4.05. The van der Waals surface area contributed by atoms with Gasteiger partial charge in [-0.05, 0) is 36.8 Å². The highest BCUT2D eigenvalue weighted by Crippen LogP contribution is 2.43. The SMILES string of the molecule is Cc1ccc(C2C(C#N)=C(N)C(C(=O)c3ccccc3)N2S(=O)(=O)c2ccc(Cl)cc2)cc1. The Morgan fingerprint density at radius 1 is 1.00 bits per heavy atom. The number of aryl methyl sites for hydroxylation is 1. The van der Waals surface area contributed by atoms with Gasteiger partial charge >= 0.3 is 0 Å². The molecular weight excluding hydrogens is 458 g/mol. The first kappa shape index (κ1) is 22.7. The number of hydrogen-bond donors (Lipinski definition) is 1. The molecule has 0 aromatic heterocycles.